The summed E-state index contributed by atoms with van der Waals surface area (Å²) in [5.74, 6) is -0.769. The number of phosphoric ester groups is 1. The van der Waals surface area contributed by atoms with E-state index in [4.69, 9.17) is 18.5 Å². The Morgan fingerprint density at radius 1 is 0.343 bits per heavy atom. The van der Waals surface area contributed by atoms with Crippen LogP contribution in [0.3, 0.4) is 0 Å². The molecule has 0 rings (SSSR count). The predicted octanol–water partition coefficient (Wildman–Crippen LogP) is 19.7. The van der Waals surface area contributed by atoms with Gasteiger partial charge in [0.25, 0.3) is 0 Å². The third kappa shape index (κ3) is 54.2. The van der Waals surface area contributed by atoms with Gasteiger partial charge in [-0.05, 0) is 19.8 Å². The molecule has 1 N–H and O–H groups in total. The van der Waals surface area contributed by atoms with E-state index in [9.17, 15) is 19.0 Å². The lowest BCUT2D eigenvalue weighted by atomic mass is 10.0. The van der Waals surface area contributed by atoms with Gasteiger partial charge in [0, 0.05) is 12.8 Å². The van der Waals surface area contributed by atoms with Gasteiger partial charge in [0.15, 0.2) is 6.10 Å². The zero-order chi connectivity index (χ0) is 48.8. The van der Waals surface area contributed by atoms with Crippen LogP contribution in [-0.2, 0) is 32.7 Å². The minimum atomic E-state index is -4.28. The monoisotopic (exact) mass is 971 g/mol. The molecule has 0 fully saturated rings. The topological polar surface area (TPSA) is 108 Å². The fraction of sp³-hybridized carbons (Fsp3) is 0.966. The van der Waals surface area contributed by atoms with E-state index in [1.807, 2.05) is 0 Å². The fourth-order valence-corrected chi connectivity index (χ4v) is 10.0. The second-order valence-electron chi connectivity index (χ2n) is 20.4. The first kappa shape index (κ1) is 66.0. The number of phosphoric acid groups is 1. The Kier molecular flexibility index (Phi) is 53.6. The van der Waals surface area contributed by atoms with E-state index in [2.05, 4.69) is 13.8 Å². The zero-order valence-corrected chi connectivity index (χ0v) is 46.0. The Bertz CT molecular complexity index is 1060. The van der Waals surface area contributed by atoms with Crippen molar-refractivity contribution in [1.29, 1.82) is 0 Å². The van der Waals surface area contributed by atoms with Gasteiger partial charge in [-0.3, -0.25) is 18.6 Å². The van der Waals surface area contributed by atoms with Crippen LogP contribution >= 0.6 is 7.82 Å². The van der Waals surface area contributed by atoms with Gasteiger partial charge >= 0.3 is 19.8 Å². The van der Waals surface area contributed by atoms with E-state index in [0.29, 0.717) is 6.42 Å². The van der Waals surface area contributed by atoms with Gasteiger partial charge in [-0.1, -0.05) is 303 Å². The first-order valence-corrected chi connectivity index (χ1v) is 31.3. The molecule has 0 bridgehead atoms. The molecule has 0 aliphatic heterocycles. The largest absolute Gasteiger partial charge is 0.472 e. The molecule has 8 nitrogen and oxygen atoms in total. The van der Waals surface area contributed by atoms with E-state index in [0.717, 1.165) is 38.5 Å². The number of hydrogen-bond acceptors (Lipinski definition) is 7. The van der Waals surface area contributed by atoms with E-state index in [-0.39, 0.29) is 32.2 Å². The smallest absolute Gasteiger partial charge is 0.462 e. The van der Waals surface area contributed by atoms with Gasteiger partial charge in [0.05, 0.1) is 13.2 Å². The third-order valence-corrected chi connectivity index (χ3v) is 14.7. The molecule has 0 heterocycles. The summed E-state index contributed by atoms with van der Waals surface area (Å²) in [7, 11) is -4.28. The zero-order valence-electron chi connectivity index (χ0n) is 45.1. The van der Waals surface area contributed by atoms with Crippen LogP contribution in [0, 0.1) is 0 Å². The summed E-state index contributed by atoms with van der Waals surface area (Å²) in [5.41, 5.74) is 0. The number of rotatable bonds is 57. The maximum atomic E-state index is 12.7. The molecule has 0 saturated carbocycles. The maximum absolute atomic E-state index is 12.7. The Labute approximate surface area is 417 Å². The highest BCUT2D eigenvalue weighted by atomic mass is 31.2. The van der Waals surface area contributed by atoms with E-state index < -0.39 is 19.9 Å². The van der Waals surface area contributed by atoms with Crippen LogP contribution in [0.25, 0.3) is 0 Å². The molecule has 2 unspecified atom stereocenters. The lowest BCUT2D eigenvalue weighted by Crippen LogP contribution is -2.29. The van der Waals surface area contributed by atoms with Gasteiger partial charge < -0.3 is 14.4 Å². The Morgan fingerprint density at radius 3 is 0.836 bits per heavy atom. The molecular formula is C58H115O8P. The van der Waals surface area contributed by atoms with Crippen LogP contribution in [0.4, 0.5) is 0 Å². The van der Waals surface area contributed by atoms with Crippen LogP contribution in [0.2, 0.25) is 0 Å². The molecule has 0 aliphatic rings. The molecular weight excluding hydrogens is 856 g/mol. The van der Waals surface area contributed by atoms with Crippen molar-refractivity contribution < 1.29 is 37.6 Å². The third-order valence-electron chi connectivity index (χ3n) is 13.7. The molecule has 0 amide bonds. The molecule has 0 spiro atoms. The Balaban J connectivity index is 3.83. The Hall–Kier alpha value is -0.950. The molecule has 0 aliphatic carbocycles. The van der Waals surface area contributed by atoms with Gasteiger partial charge in [0.1, 0.15) is 6.61 Å². The van der Waals surface area contributed by atoms with Crippen LogP contribution < -0.4 is 0 Å². The summed E-state index contributed by atoms with van der Waals surface area (Å²) < 4.78 is 32.9. The van der Waals surface area contributed by atoms with E-state index in [1.54, 1.807) is 6.92 Å². The molecule has 400 valence electrons. The molecule has 9 heteroatoms. The molecule has 0 aromatic rings. The summed E-state index contributed by atoms with van der Waals surface area (Å²) in [6.07, 6.45) is 61.9. The fourth-order valence-electron chi connectivity index (χ4n) is 9.28. The van der Waals surface area contributed by atoms with E-state index >= 15 is 0 Å². The van der Waals surface area contributed by atoms with Crippen molar-refractivity contribution in [3.8, 4) is 0 Å². The second-order valence-corrected chi connectivity index (χ2v) is 21.8. The summed E-state index contributed by atoms with van der Waals surface area (Å²) >= 11 is 0. The summed E-state index contributed by atoms with van der Waals surface area (Å²) in [4.78, 5) is 35.1. The quantitative estimate of drug-likeness (QED) is 0.0365. The Morgan fingerprint density at radius 2 is 0.582 bits per heavy atom. The maximum Gasteiger partial charge on any atom is 0.472 e. The molecule has 0 radical (unpaired) electrons. The van der Waals surface area contributed by atoms with Crippen LogP contribution in [0.1, 0.15) is 335 Å². The van der Waals surface area contributed by atoms with Crippen LogP contribution in [-0.4, -0.2) is 42.8 Å². The van der Waals surface area contributed by atoms with Crippen molar-refractivity contribution in [2.75, 3.05) is 19.8 Å². The summed E-state index contributed by atoms with van der Waals surface area (Å²) in [6, 6.07) is 0. The van der Waals surface area contributed by atoms with Crippen molar-refractivity contribution >= 4 is 19.8 Å². The highest BCUT2D eigenvalue weighted by Gasteiger charge is 2.25. The van der Waals surface area contributed by atoms with Crippen molar-refractivity contribution in [2.45, 2.75) is 341 Å². The first-order chi connectivity index (χ1) is 32.8. The minimum Gasteiger partial charge on any atom is -0.462 e. The first-order valence-electron chi connectivity index (χ1n) is 29.8. The molecule has 0 aromatic heterocycles. The number of esters is 2. The van der Waals surface area contributed by atoms with Crippen molar-refractivity contribution in [1.82, 2.24) is 0 Å². The standard InChI is InChI=1S/C58H115O8P/c1-4-7-9-11-13-15-17-19-21-23-25-27-29-31-33-35-37-39-41-43-45-47-49-51-53-58(60)66-56(55-65-67(61,62)64-6-3)54-63-57(59)52-50-48-46-44-42-40-38-36-34-32-30-28-26-24-22-20-18-16-14-12-10-8-5-2/h56H,4-55H2,1-3H3,(H,61,62). The average molecular weight is 972 g/mol. The number of carbonyl (C=O) groups is 2. The number of unbranched alkanes of at least 4 members (excludes halogenated alkanes) is 45. The number of hydrogen-bond donors (Lipinski definition) is 1. The normalized spacial score (nSPS) is 13.0. The highest BCUT2D eigenvalue weighted by Crippen LogP contribution is 2.43. The lowest BCUT2D eigenvalue weighted by Gasteiger charge is -2.19. The van der Waals surface area contributed by atoms with Crippen LogP contribution in [0.15, 0.2) is 0 Å². The SMILES string of the molecule is CCCCCCCCCCCCCCCCCCCCCCCCCCC(=O)OC(COC(=O)CCCCCCCCCCCCCCCCCCCCCCCCC)COP(=O)(O)OCC. The molecule has 2 atom stereocenters. The molecule has 0 saturated heterocycles. The predicted molar refractivity (Wildman–Crippen MR) is 286 cm³/mol. The summed E-state index contributed by atoms with van der Waals surface area (Å²) in [6.45, 7) is 5.58. The minimum absolute atomic E-state index is 0.00630. The highest BCUT2D eigenvalue weighted by molar-refractivity contribution is 7.47. The lowest BCUT2D eigenvalue weighted by molar-refractivity contribution is -0.161. The van der Waals surface area contributed by atoms with Gasteiger partial charge in [0.2, 0.25) is 0 Å². The van der Waals surface area contributed by atoms with Crippen molar-refractivity contribution in [3.05, 3.63) is 0 Å². The molecule has 67 heavy (non-hydrogen) atoms. The average Bonchev–Trinajstić information content (AvgIpc) is 3.31. The van der Waals surface area contributed by atoms with Gasteiger partial charge in [-0.25, -0.2) is 4.57 Å². The number of carbonyl (C=O) groups excluding carboxylic acids is 2. The molecule has 0 aromatic carbocycles. The number of ether oxygens (including phenoxy) is 2. The van der Waals surface area contributed by atoms with E-state index in [1.165, 1.54) is 263 Å². The summed E-state index contributed by atoms with van der Waals surface area (Å²) in [5, 5.41) is 0. The van der Waals surface area contributed by atoms with Gasteiger partial charge in [-0.15, -0.1) is 0 Å². The van der Waals surface area contributed by atoms with Crippen molar-refractivity contribution in [2.24, 2.45) is 0 Å². The van der Waals surface area contributed by atoms with Gasteiger partial charge in [-0.2, -0.15) is 0 Å². The van der Waals surface area contributed by atoms with Crippen LogP contribution in [0.5, 0.6) is 0 Å². The van der Waals surface area contributed by atoms with Crippen molar-refractivity contribution in [3.63, 3.8) is 0 Å². The second kappa shape index (κ2) is 54.4.